The molecule has 0 radical (unpaired) electrons. The molecular weight excluding hydrogens is 298 g/mol. The molecule has 7 nitrogen and oxygen atoms in total. The third-order valence-electron chi connectivity index (χ3n) is 3.27. The maximum absolute atomic E-state index is 12.1. The molecule has 0 saturated heterocycles. The Kier molecular flexibility index (Phi) is 4.09. The minimum Gasteiger partial charge on any atom is -0.497 e. The van der Waals surface area contributed by atoms with Crippen molar-refractivity contribution in [2.24, 2.45) is 0 Å². The molecule has 0 saturated carbocycles. The SMILES string of the molecule is COc1ccc(CC(=O)Nc2ccc3c(n2)NC(=O)CO3)cc1. The maximum Gasteiger partial charge on any atom is 0.263 e. The Labute approximate surface area is 132 Å². The fourth-order valence-electron chi connectivity index (χ4n) is 2.15. The Morgan fingerprint density at radius 2 is 2.09 bits per heavy atom. The summed E-state index contributed by atoms with van der Waals surface area (Å²) in [6, 6.07) is 10.5. The second-order valence-corrected chi connectivity index (χ2v) is 4.95. The second kappa shape index (κ2) is 6.35. The summed E-state index contributed by atoms with van der Waals surface area (Å²) in [4.78, 5) is 27.5. The summed E-state index contributed by atoms with van der Waals surface area (Å²) in [5.41, 5.74) is 0.859. The van der Waals surface area contributed by atoms with E-state index in [1.54, 1.807) is 31.4 Å². The minimum absolute atomic E-state index is 0.0299. The van der Waals surface area contributed by atoms with E-state index in [2.05, 4.69) is 15.6 Å². The first-order valence-corrected chi connectivity index (χ1v) is 7.00. The van der Waals surface area contributed by atoms with E-state index in [-0.39, 0.29) is 24.8 Å². The van der Waals surface area contributed by atoms with Crippen molar-refractivity contribution >= 4 is 23.5 Å². The van der Waals surface area contributed by atoms with Gasteiger partial charge in [-0.1, -0.05) is 12.1 Å². The van der Waals surface area contributed by atoms with Gasteiger partial charge in [0, 0.05) is 0 Å². The lowest BCUT2D eigenvalue weighted by molar-refractivity contribution is -0.118. The van der Waals surface area contributed by atoms with Crippen LogP contribution in [0.15, 0.2) is 36.4 Å². The predicted octanol–water partition coefficient (Wildman–Crippen LogP) is 1.60. The van der Waals surface area contributed by atoms with Crippen LogP contribution in [0.5, 0.6) is 11.5 Å². The summed E-state index contributed by atoms with van der Waals surface area (Å²) in [5.74, 6) is 1.41. The number of benzene rings is 1. The van der Waals surface area contributed by atoms with Crippen molar-refractivity contribution < 1.29 is 19.1 Å². The van der Waals surface area contributed by atoms with Gasteiger partial charge >= 0.3 is 0 Å². The molecule has 0 unspecified atom stereocenters. The van der Waals surface area contributed by atoms with Crippen LogP contribution in [0.4, 0.5) is 11.6 Å². The molecule has 3 rings (SSSR count). The standard InChI is InChI=1S/C16H15N3O4/c1-22-11-4-2-10(3-5-11)8-14(20)17-13-7-6-12-16(18-13)19-15(21)9-23-12/h2-7H,8-9H2,1H3,(H2,17,18,19,20,21). The molecular formula is C16H15N3O4. The molecule has 1 aromatic heterocycles. The fourth-order valence-corrected chi connectivity index (χ4v) is 2.15. The summed E-state index contributed by atoms with van der Waals surface area (Å²) in [7, 11) is 1.59. The molecule has 0 aliphatic carbocycles. The highest BCUT2D eigenvalue weighted by atomic mass is 16.5. The molecule has 0 atom stereocenters. The molecule has 1 aliphatic rings. The third-order valence-corrected chi connectivity index (χ3v) is 3.27. The predicted molar refractivity (Wildman–Crippen MR) is 83.7 cm³/mol. The Balaban J connectivity index is 1.65. The fraction of sp³-hybridized carbons (Fsp3) is 0.188. The van der Waals surface area contributed by atoms with Crippen molar-refractivity contribution in [2.75, 3.05) is 24.4 Å². The molecule has 0 bridgehead atoms. The number of methoxy groups -OCH3 is 1. The van der Waals surface area contributed by atoms with E-state index < -0.39 is 0 Å². The Morgan fingerprint density at radius 1 is 1.30 bits per heavy atom. The number of carbonyl (C=O) groups is 2. The van der Waals surface area contributed by atoms with Crippen LogP contribution in [0, 0.1) is 0 Å². The van der Waals surface area contributed by atoms with E-state index >= 15 is 0 Å². The van der Waals surface area contributed by atoms with Gasteiger partial charge in [-0.05, 0) is 29.8 Å². The van der Waals surface area contributed by atoms with E-state index in [1.807, 2.05) is 12.1 Å². The van der Waals surface area contributed by atoms with E-state index in [9.17, 15) is 9.59 Å². The van der Waals surface area contributed by atoms with Crippen molar-refractivity contribution in [1.82, 2.24) is 4.98 Å². The van der Waals surface area contributed by atoms with Crippen LogP contribution in [-0.2, 0) is 16.0 Å². The Morgan fingerprint density at radius 3 is 2.83 bits per heavy atom. The van der Waals surface area contributed by atoms with E-state index in [0.29, 0.717) is 17.4 Å². The van der Waals surface area contributed by atoms with Gasteiger partial charge in [-0.15, -0.1) is 0 Å². The minimum atomic E-state index is -0.272. The summed E-state index contributed by atoms with van der Waals surface area (Å²) in [6.07, 6.45) is 0.214. The van der Waals surface area contributed by atoms with Crippen molar-refractivity contribution in [3.8, 4) is 11.5 Å². The van der Waals surface area contributed by atoms with Crippen molar-refractivity contribution in [1.29, 1.82) is 0 Å². The summed E-state index contributed by atoms with van der Waals surface area (Å²) >= 11 is 0. The smallest absolute Gasteiger partial charge is 0.263 e. The average Bonchev–Trinajstić information content (AvgIpc) is 2.55. The number of aromatic nitrogens is 1. The van der Waals surface area contributed by atoms with Gasteiger partial charge in [0.15, 0.2) is 18.2 Å². The van der Waals surface area contributed by atoms with Gasteiger partial charge in [-0.25, -0.2) is 4.98 Å². The zero-order valence-corrected chi connectivity index (χ0v) is 12.5. The van der Waals surface area contributed by atoms with Gasteiger partial charge in [-0.2, -0.15) is 0 Å². The third kappa shape index (κ3) is 3.57. The van der Waals surface area contributed by atoms with Gasteiger partial charge in [0.2, 0.25) is 5.91 Å². The van der Waals surface area contributed by atoms with Gasteiger partial charge < -0.3 is 20.1 Å². The first kappa shape index (κ1) is 14.8. The number of nitrogens with one attached hydrogen (secondary N) is 2. The summed E-state index contributed by atoms with van der Waals surface area (Å²) in [5, 5.41) is 5.29. The van der Waals surface area contributed by atoms with Crippen molar-refractivity contribution in [3.63, 3.8) is 0 Å². The lowest BCUT2D eigenvalue weighted by Crippen LogP contribution is -2.26. The molecule has 23 heavy (non-hydrogen) atoms. The van der Waals surface area contributed by atoms with E-state index in [4.69, 9.17) is 9.47 Å². The van der Waals surface area contributed by atoms with Crippen LogP contribution in [0.2, 0.25) is 0 Å². The van der Waals surface area contributed by atoms with Gasteiger partial charge in [0.1, 0.15) is 11.6 Å². The highest BCUT2D eigenvalue weighted by Gasteiger charge is 2.18. The van der Waals surface area contributed by atoms with Gasteiger partial charge in [0.05, 0.1) is 13.5 Å². The van der Waals surface area contributed by atoms with Crippen molar-refractivity contribution in [2.45, 2.75) is 6.42 Å². The number of hydrogen-bond acceptors (Lipinski definition) is 5. The van der Waals surface area contributed by atoms with Crippen molar-refractivity contribution in [3.05, 3.63) is 42.0 Å². The molecule has 1 aliphatic heterocycles. The monoisotopic (exact) mass is 313 g/mol. The number of anilines is 2. The molecule has 2 amide bonds. The van der Waals surface area contributed by atoms with E-state index in [1.165, 1.54) is 0 Å². The van der Waals surface area contributed by atoms with E-state index in [0.717, 1.165) is 11.3 Å². The van der Waals surface area contributed by atoms with Crippen LogP contribution < -0.4 is 20.1 Å². The molecule has 1 aromatic carbocycles. The molecule has 2 aromatic rings. The Bertz CT molecular complexity index is 743. The first-order chi connectivity index (χ1) is 11.1. The quantitative estimate of drug-likeness (QED) is 0.895. The lowest BCUT2D eigenvalue weighted by atomic mass is 10.1. The first-order valence-electron chi connectivity index (χ1n) is 7.00. The van der Waals surface area contributed by atoms with Crippen LogP contribution in [-0.4, -0.2) is 30.5 Å². The average molecular weight is 313 g/mol. The summed E-state index contributed by atoms with van der Waals surface area (Å²) < 4.78 is 10.3. The van der Waals surface area contributed by atoms with Crippen LogP contribution in [0.25, 0.3) is 0 Å². The zero-order valence-electron chi connectivity index (χ0n) is 12.5. The second-order valence-electron chi connectivity index (χ2n) is 4.95. The molecule has 7 heteroatoms. The number of amides is 2. The lowest BCUT2D eigenvalue weighted by Gasteiger charge is -2.17. The highest BCUT2D eigenvalue weighted by molar-refractivity contribution is 5.95. The normalized spacial score (nSPS) is 12.7. The topological polar surface area (TPSA) is 89.5 Å². The number of pyridine rings is 1. The number of rotatable bonds is 4. The molecule has 2 heterocycles. The number of carbonyl (C=O) groups excluding carboxylic acids is 2. The maximum atomic E-state index is 12.1. The Hall–Kier alpha value is -3.09. The van der Waals surface area contributed by atoms with Crippen LogP contribution >= 0.6 is 0 Å². The molecule has 0 fully saturated rings. The van der Waals surface area contributed by atoms with Gasteiger partial charge in [-0.3, -0.25) is 9.59 Å². The van der Waals surface area contributed by atoms with Gasteiger partial charge in [0.25, 0.3) is 5.91 Å². The molecule has 118 valence electrons. The largest absolute Gasteiger partial charge is 0.497 e. The zero-order chi connectivity index (χ0) is 16.2. The number of ether oxygens (including phenoxy) is 2. The number of nitrogens with zero attached hydrogens (tertiary/aromatic N) is 1. The number of fused-ring (bicyclic) bond motifs is 1. The molecule has 2 N–H and O–H groups in total. The summed E-state index contributed by atoms with van der Waals surface area (Å²) in [6.45, 7) is -0.0299. The van der Waals surface area contributed by atoms with Crippen LogP contribution in [0.1, 0.15) is 5.56 Å². The number of hydrogen-bond donors (Lipinski definition) is 2. The highest BCUT2D eigenvalue weighted by Crippen LogP contribution is 2.26. The molecule has 0 spiro atoms. The van der Waals surface area contributed by atoms with Crippen LogP contribution in [0.3, 0.4) is 0 Å².